The molecule has 1 nitrogen and oxygen atoms in total. The van der Waals surface area contributed by atoms with Crippen molar-refractivity contribution >= 4 is 11.2 Å². The van der Waals surface area contributed by atoms with Gasteiger partial charge in [-0.1, -0.05) is 11.2 Å². The lowest BCUT2D eigenvalue weighted by atomic mass is 10.4. The first kappa shape index (κ1) is 4.21. The Kier molecular flexibility index (Phi) is 0.707. The minimum atomic E-state index is -0.403. The summed E-state index contributed by atoms with van der Waals surface area (Å²) in [6.45, 7) is 0. The summed E-state index contributed by atoms with van der Waals surface area (Å²) in [5, 5.41) is 0. The van der Waals surface area contributed by atoms with Crippen molar-refractivity contribution < 1.29 is 4.55 Å². The highest BCUT2D eigenvalue weighted by molar-refractivity contribution is 7.91. The van der Waals surface area contributed by atoms with E-state index in [4.69, 9.17) is 0 Å². The highest BCUT2D eigenvalue weighted by Gasteiger charge is 2.49. The van der Waals surface area contributed by atoms with Crippen LogP contribution in [0.2, 0.25) is 0 Å². The van der Waals surface area contributed by atoms with E-state index in [1.165, 1.54) is 6.42 Å². The Bertz CT molecular complexity index is 84.1. The van der Waals surface area contributed by atoms with Crippen molar-refractivity contribution in [1.82, 2.24) is 0 Å². The molecule has 0 radical (unpaired) electrons. The maximum absolute atomic E-state index is 10.6. The van der Waals surface area contributed by atoms with E-state index in [1.54, 1.807) is 0 Å². The normalized spacial score (nSPS) is 57.0. The first-order valence-electron chi connectivity index (χ1n) is 2.71. The molecular weight excluding hydrogens is 108 g/mol. The van der Waals surface area contributed by atoms with Crippen LogP contribution in [0.25, 0.3) is 0 Å². The third-order valence-corrected chi connectivity index (χ3v) is 3.47. The molecule has 7 heavy (non-hydrogen) atoms. The summed E-state index contributed by atoms with van der Waals surface area (Å²) in [6, 6.07) is 0. The van der Waals surface area contributed by atoms with Crippen LogP contribution in [0, 0.1) is 11.8 Å². The topological polar surface area (TPSA) is 23.1 Å². The molecule has 0 bridgehead atoms. The Morgan fingerprint density at radius 3 is 2.14 bits per heavy atom. The molecule has 1 aliphatic carbocycles. The van der Waals surface area contributed by atoms with Crippen molar-refractivity contribution in [2.24, 2.45) is 11.8 Å². The lowest BCUT2D eigenvalue weighted by Crippen LogP contribution is -2.04. The molecule has 1 saturated heterocycles. The van der Waals surface area contributed by atoms with Gasteiger partial charge in [0, 0.05) is 11.8 Å². The first-order valence-corrected chi connectivity index (χ1v) is 4.20. The van der Waals surface area contributed by atoms with Gasteiger partial charge in [-0.05, 0) is 6.42 Å². The van der Waals surface area contributed by atoms with Crippen LogP contribution in [0.5, 0.6) is 0 Å². The predicted octanol–water partition coefficient (Wildman–Crippen LogP) is 0.385. The van der Waals surface area contributed by atoms with Gasteiger partial charge in [0.15, 0.2) is 0 Å². The summed E-state index contributed by atoms with van der Waals surface area (Å²) in [4.78, 5) is 0. The van der Waals surface area contributed by atoms with Crippen LogP contribution >= 0.6 is 0 Å². The maximum Gasteiger partial charge on any atom is 0.108 e. The van der Waals surface area contributed by atoms with Crippen molar-refractivity contribution in [3.05, 3.63) is 0 Å². The van der Waals surface area contributed by atoms with Gasteiger partial charge in [0.25, 0.3) is 0 Å². The van der Waals surface area contributed by atoms with E-state index in [0.29, 0.717) is 0 Å². The minimum absolute atomic E-state index is 0.403. The molecule has 1 aliphatic heterocycles. The Morgan fingerprint density at radius 2 is 1.86 bits per heavy atom. The molecule has 2 atom stereocenters. The molecule has 0 spiro atoms. The molecule has 0 amide bonds. The predicted molar refractivity (Wildman–Crippen MR) is 29.5 cm³/mol. The van der Waals surface area contributed by atoms with Crippen LogP contribution in [-0.4, -0.2) is 16.1 Å². The summed E-state index contributed by atoms with van der Waals surface area (Å²) in [6.07, 6.45) is 1.38. The molecule has 2 unspecified atom stereocenters. The second kappa shape index (κ2) is 1.17. The second-order valence-electron chi connectivity index (χ2n) is 2.53. The highest BCUT2D eigenvalue weighted by atomic mass is 32.2. The standard InChI is InChI=1S/C5H8OS/c6-7-2-4-1-5(4)3-7/h4-5H,1-3H2. The van der Waals surface area contributed by atoms with Gasteiger partial charge < -0.3 is 4.55 Å². The van der Waals surface area contributed by atoms with E-state index in [2.05, 4.69) is 0 Å². The molecule has 40 valence electrons. The number of hydrogen-bond acceptors (Lipinski definition) is 1. The maximum atomic E-state index is 10.6. The molecule has 0 aromatic rings. The van der Waals surface area contributed by atoms with Gasteiger partial charge in [-0.25, -0.2) is 0 Å². The smallest absolute Gasteiger partial charge is 0.108 e. The van der Waals surface area contributed by atoms with Gasteiger partial charge in [0.1, 0.15) is 11.5 Å². The molecule has 0 aromatic carbocycles. The second-order valence-corrected chi connectivity index (χ2v) is 4.08. The summed E-state index contributed by atoms with van der Waals surface area (Å²) >= 11 is -0.403. The molecule has 1 heterocycles. The van der Waals surface area contributed by atoms with E-state index in [9.17, 15) is 4.55 Å². The molecule has 2 rings (SSSR count). The Balaban J connectivity index is 2.02. The molecule has 2 aliphatic rings. The van der Waals surface area contributed by atoms with Gasteiger partial charge in [-0.15, -0.1) is 0 Å². The van der Waals surface area contributed by atoms with E-state index in [-0.39, 0.29) is 0 Å². The number of rotatable bonds is 0. The summed E-state index contributed by atoms with van der Waals surface area (Å²) < 4.78 is 10.6. The zero-order chi connectivity index (χ0) is 4.85. The van der Waals surface area contributed by atoms with Crippen LogP contribution < -0.4 is 0 Å². The third kappa shape index (κ3) is 0.572. The summed E-state index contributed by atoms with van der Waals surface area (Å²) in [7, 11) is 0. The minimum Gasteiger partial charge on any atom is -0.616 e. The van der Waals surface area contributed by atoms with Crippen molar-refractivity contribution in [1.29, 1.82) is 0 Å². The molecule has 0 N–H and O–H groups in total. The van der Waals surface area contributed by atoms with Gasteiger partial charge in [0.2, 0.25) is 0 Å². The molecule has 2 fully saturated rings. The summed E-state index contributed by atoms with van der Waals surface area (Å²) in [5.74, 6) is 3.82. The zero-order valence-electron chi connectivity index (χ0n) is 4.09. The Labute approximate surface area is 46.3 Å². The largest absolute Gasteiger partial charge is 0.616 e. The molecule has 1 saturated carbocycles. The van der Waals surface area contributed by atoms with E-state index < -0.39 is 11.2 Å². The average molecular weight is 116 g/mol. The molecule has 2 heteroatoms. The van der Waals surface area contributed by atoms with Gasteiger partial charge in [-0.2, -0.15) is 0 Å². The fraction of sp³-hybridized carbons (Fsp3) is 1.00. The van der Waals surface area contributed by atoms with Crippen molar-refractivity contribution in [2.75, 3.05) is 11.5 Å². The van der Waals surface area contributed by atoms with Crippen molar-refractivity contribution in [3.8, 4) is 0 Å². The van der Waals surface area contributed by atoms with Gasteiger partial charge in [0.05, 0.1) is 0 Å². The quantitative estimate of drug-likeness (QED) is 0.420. The summed E-state index contributed by atoms with van der Waals surface area (Å²) in [5.41, 5.74) is 0. The number of hydrogen-bond donors (Lipinski definition) is 0. The van der Waals surface area contributed by atoms with Crippen LogP contribution in [0.3, 0.4) is 0 Å². The van der Waals surface area contributed by atoms with Crippen molar-refractivity contribution in [3.63, 3.8) is 0 Å². The van der Waals surface area contributed by atoms with Crippen LogP contribution in [0.15, 0.2) is 0 Å². The van der Waals surface area contributed by atoms with Gasteiger partial charge in [-0.3, -0.25) is 0 Å². The van der Waals surface area contributed by atoms with Crippen LogP contribution in [0.4, 0.5) is 0 Å². The average Bonchev–Trinajstić information content (AvgIpc) is 2.15. The first-order chi connectivity index (χ1) is 3.36. The van der Waals surface area contributed by atoms with E-state index in [0.717, 1.165) is 23.3 Å². The fourth-order valence-electron chi connectivity index (χ4n) is 1.26. The SMILES string of the molecule is [O-][S+]1CC2CC2C1. The lowest BCUT2D eigenvalue weighted by Gasteiger charge is -2.01. The Morgan fingerprint density at radius 1 is 1.29 bits per heavy atom. The monoisotopic (exact) mass is 116 g/mol. The third-order valence-electron chi connectivity index (χ3n) is 1.87. The van der Waals surface area contributed by atoms with E-state index >= 15 is 0 Å². The van der Waals surface area contributed by atoms with Gasteiger partial charge >= 0.3 is 0 Å². The highest BCUT2D eigenvalue weighted by Crippen LogP contribution is 2.46. The van der Waals surface area contributed by atoms with E-state index in [1.807, 2.05) is 0 Å². The zero-order valence-corrected chi connectivity index (χ0v) is 4.91. The molecule has 0 aromatic heterocycles. The van der Waals surface area contributed by atoms with Crippen LogP contribution in [0.1, 0.15) is 6.42 Å². The lowest BCUT2D eigenvalue weighted by molar-refractivity contribution is 0.596. The van der Waals surface area contributed by atoms with Crippen molar-refractivity contribution in [2.45, 2.75) is 6.42 Å². The molecular formula is C5H8OS. The van der Waals surface area contributed by atoms with Crippen LogP contribution in [-0.2, 0) is 11.2 Å². The number of fused-ring (bicyclic) bond motifs is 1. The fourth-order valence-corrected chi connectivity index (χ4v) is 3.17. The Hall–Kier alpha value is 0.310.